The van der Waals surface area contributed by atoms with Gasteiger partial charge in [-0.3, -0.25) is 9.59 Å². The van der Waals surface area contributed by atoms with Crippen molar-refractivity contribution in [1.82, 2.24) is 0 Å². The van der Waals surface area contributed by atoms with E-state index in [1.54, 1.807) is 48.5 Å². The van der Waals surface area contributed by atoms with Gasteiger partial charge in [-0.05, 0) is 48.0 Å². The van der Waals surface area contributed by atoms with Crippen molar-refractivity contribution in [2.24, 2.45) is 10.8 Å². The van der Waals surface area contributed by atoms with Crippen LogP contribution in [0.2, 0.25) is 0 Å². The highest BCUT2D eigenvalue weighted by molar-refractivity contribution is 5.76. The normalized spacial score (nSPS) is 29.2. The fourth-order valence-corrected chi connectivity index (χ4v) is 2.01. The quantitative estimate of drug-likeness (QED) is 0.742. The summed E-state index contributed by atoms with van der Waals surface area (Å²) < 4.78 is 16.1. The Morgan fingerprint density at radius 1 is 1.04 bits per heavy atom. The summed E-state index contributed by atoms with van der Waals surface area (Å²) in [4.78, 5) is 24.3. The molecule has 7 heteroatoms. The van der Waals surface area contributed by atoms with E-state index in [-0.39, 0.29) is 0 Å². The number of carbonyl (C=O) groups excluding carboxylic acids is 2. The Morgan fingerprint density at radius 2 is 1.50 bits per heavy atom. The maximum absolute atomic E-state index is 12.1. The molecule has 0 unspecified atom stereocenters. The minimum Gasteiger partial charge on any atom is -0.452 e. The number of hydrogen-bond donors (Lipinski definition) is 2. The lowest BCUT2D eigenvalue weighted by molar-refractivity contribution is -0.209. The zero-order valence-corrected chi connectivity index (χ0v) is 15.5. The van der Waals surface area contributed by atoms with Crippen LogP contribution in [-0.4, -0.2) is 52.9 Å². The Morgan fingerprint density at radius 3 is 1.92 bits per heavy atom. The van der Waals surface area contributed by atoms with E-state index in [1.165, 1.54) is 0 Å². The third kappa shape index (κ3) is 4.91. The molecule has 1 saturated heterocycles. The van der Waals surface area contributed by atoms with Crippen LogP contribution >= 0.6 is 0 Å². The molecular formula is C17H30O7. The SMILES string of the molecule is CC[C@@H](O)[C@@H]1O[C@@H](OC(=O)C(C)(C)C)[C@H](OC(=O)C(C)(C)C)[C@H]1O. The summed E-state index contributed by atoms with van der Waals surface area (Å²) in [7, 11) is 0. The van der Waals surface area contributed by atoms with Crippen molar-refractivity contribution in [1.29, 1.82) is 0 Å². The smallest absolute Gasteiger partial charge is 0.313 e. The van der Waals surface area contributed by atoms with E-state index in [2.05, 4.69) is 0 Å². The van der Waals surface area contributed by atoms with E-state index in [4.69, 9.17) is 14.2 Å². The Hall–Kier alpha value is -1.18. The monoisotopic (exact) mass is 346 g/mol. The van der Waals surface area contributed by atoms with Crippen LogP contribution in [0.1, 0.15) is 54.9 Å². The van der Waals surface area contributed by atoms with E-state index in [1.807, 2.05) is 0 Å². The zero-order valence-electron chi connectivity index (χ0n) is 15.5. The van der Waals surface area contributed by atoms with Crippen LogP contribution in [0.25, 0.3) is 0 Å². The Labute approximate surface area is 143 Å². The average Bonchev–Trinajstić information content (AvgIpc) is 2.73. The molecule has 140 valence electrons. The molecule has 0 bridgehead atoms. The second-order valence-electron chi connectivity index (χ2n) is 8.21. The first-order chi connectivity index (χ1) is 10.8. The molecular weight excluding hydrogens is 316 g/mol. The number of aliphatic hydroxyl groups excluding tert-OH is 2. The topological polar surface area (TPSA) is 102 Å². The minimum atomic E-state index is -1.29. The van der Waals surface area contributed by atoms with E-state index in [0.29, 0.717) is 6.42 Å². The van der Waals surface area contributed by atoms with Crippen LogP contribution in [0.5, 0.6) is 0 Å². The number of esters is 2. The van der Waals surface area contributed by atoms with Crippen molar-refractivity contribution in [3.63, 3.8) is 0 Å². The van der Waals surface area contributed by atoms with Crippen LogP contribution in [0.15, 0.2) is 0 Å². The molecule has 0 aliphatic carbocycles. The number of aliphatic hydroxyl groups is 2. The first-order valence-corrected chi connectivity index (χ1v) is 8.22. The number of ether oxygens (including phenoxy) is 3. The summed E-state index contributed by atoms with van der Waals surface area (Å²) in [6.07, 6.45) is -5.36. The Bertz CT molecular complexity index is 461. The van der Waals surface area contributed by atoms with Crippen LogP contribution in [0.3, 0.4) is 0 Å². The fraction of sp³-hybridized carbons (Fsp3) is 0.882. The van der Waals surface area contributed by atoms with Gasteiger partial charge in [-0.25, -0.2) is 0 Å². The molecule has 0 aromatic heterocycles. The highest BCUT2D eigenvalue weighted by Gasteiger charge is 2.52. The maximum Gasteiger partial charge on any atom is 0.313 e. The lowest BCUT2D eigenvalue weighted by Gasteiger charge is -2.26. The summed E-state index contributed by atoms with van der Waals surface area (Å²) in [5, 5.41) is 20.4. The number of rotatable bonds is 4. The van der Waals surface area contributed by atoms with E-state index < -0.39 is 53.5 Å². The van der Waals surface area contributed by atoms with Gasteiger partial charge in [0.1, 0.15) is 12.2 Å². The molecule has 1 fully saturated rings. The van der Waals surface area contributed by atoms with Crippen molar-refractivity contribution in [3.8, 4) is 0 Å². The highest BCUT2D eigenvalue weighted by atomic mass is 16.7. The highest BCUT2D eigenvalue weighted by Crippen LogP contribution is 2.31. The summed E-state index contributed by atoms with van der Waals surface area (Å²) >= 11 is 0. The van der Waals surface area contributed by atoms with Crippen molar-refractivity contribution in [2.45, 2.75) is 85.6 Å². The summed E-state index contributed by atoms with van der Waals surface area (Å²) in [6.45, 7) is 11.8. The number of hydrogen-bond acceptors (Lipinski definition) is 7. The predicted molar refractivity (Wildman–Crippen MR) is 85.8 cm³/mol. The molecule has 0 amide bonds. The first-order valence-electron chi connectivity index (χ1n) is 8.22. The third-order valence-electron chi connectivity index (χ3n) is 3.72. The van der Waals surface area contributed by atoms with Crippen LogP contribution in [-0.2, 0) is 23.8 Å². The van der Waals surface area contributed by atoms with E-state index in [0.717, 1.165) is 0 Å². The molecule has 1 aliphatic heterocycles. The molecule has 0 saturated carbocycles. The van der Waals surface area contributed by atoms with Gasteiger partial charge < -0.3 is 24.4 Å². The predicted octanol–water partition coefficient (Wildman–Crippen LogP) is 1.39. The molecule has 0 aromatic rings. The van der Waals surface area contributed by atoms with Crippen molar-refractivity contribution in [3.05, 3.63) is 0 Å². The van der Waals surface area contributed by atoms with Crippen molar-refractivity contribution < 1.29 is 34.0 Å². The minimum absolute atomic E-state index is 0.335. The van der Waals surface area contributed by atoms with Gasteiger partial charge in [-0.1, -0.05) is 6.92 Å². The van der Waals surface area contributed by atoms with Gasteiger partial charge in [0.25, 0.3) is 0 Å². The lowest BCUT2D eigenvalue weighted by Crippen LogP contribution is -2.43. The van der Waals surface area contributed by atoms with Gasteiger partial charge in [0, 0.05) is 0 Å². The molecule has 0 spiro atoms. The van der Waals surface area contributed by atoms with Crippen molar-refractivity contribution in [2.75, 3.05) is 0 Å². The third-order valence-corrected chi connectivity index (χ3v) is 3.72. The second-order valence-corrected chi connectivity index (χ2v) is 8.21. The van der Waals surface area contributed by atoms with Gasteiger partial charge in [-0.2, -0.15) is 0 Å². The molecule has 5 atom stereocenters. The molecule has 0 aromatic carbocycles. The summed E-state index contributed by atoms with van der Waals surface area (Å²) in [6, 6.07) is 0. The van der Waals surface area contributed by atoms with Gasteiger partial charge >= 0.3 is 11.9 Å². The Balaban J connectivity index is 2.99. The molecule has 1 aliphatic rings. The molecule has 2 N–H and O–H groups in total. The van der Waals surface area contributed by atoms with E-state index in [9.17, 15) is 19.8 Å². The molecule has 1 rings (SSSR count). The lowest BCUT2D eigenvalue weighted by atomic mass is 9.96. The summed E-state index contributed by atoms with van der Waals surface area (Å²) in [5.74, 6) is -1.11. The van der Waals surface area contributed by atoms with Crippen molar-refractivity contribution >= 4 is 11.9 Å². The number of carbonyl (C=O) groups is 2. The van der Waals surface area contributed by atoms with Gasteiger partial charge in [-0.15, -0.1) is 0 Å². The van der Waals surface area contributed by atoms with E-state index >= 15 is 0 Å². The largest absolute Gasteiger partial charge is 0.452 e. The molecule has 7 nitrogen and oxygen atoms in total. The molecule has 1 heterocycles. The van der Waals surface area contributed by atoms with Crippen LogP contribution < -0.4 is 0 Å². The van der Waals surface area contributed by atoms with Gasteiger partial charge in [0.05, 0.1) is 16.9 Å². The molecule has 0 radical (unpaired) electrons. The maximum atomic E-state index is 12.1. The average molecular weight is 346 g/mol. The van der Waals surface area contributed by atoms with Crippen LogP contribution in [0.4, 0.5) is 0 Å². The van der Waals surface area contributed by atoms with Gasteiger partial charge in [0.2, 0.25) is 6.29 Å². The van der Waals surface area contributed by atoms with Gasteiger partial charge in [0.15, 0.2) is 6.10 Å². The Kier molecular flexibility index (Phi) is 6.41. The summed E-state index contributed by atoms with van der Waals surface area (Å²) in [5.41, 5.74) is -1.58. The van der Waals surface area contributed by atoms with Crippen LogP contribution in [0, 0.1) is 10.8 Å². The first kappa shape index (κ1) is 20.9. The fourth-order valence-electron chi connectivity index (χ4n) is 2.01. The second kappa shape index (κ2) is 7.37. The standard InChI is InChI=1S/C17H30O7/c1-8-9(18)11-10(19)12(23-14(20)16(2,3)4)13(22-11)24-15(21)17(5,6)7/h9-13,18-19H,8H2,1-7H3/t9-,10+,11+,12-,13+/m1/s1. The zero-order chi connectivity index (χ0) is 18.9. The molecule has 24 heavy (non-hydrogen) atoms.